The van der Waals surface area contributed by atoms with Crippen molar-refractivity contribution in [2.24, 2.45) is 0 Å². The fourth-order valence-electron chi connectivity index (χ4n) is 3.11. The number of ether oxygens (including phenoxy) is 1. The molecule has 0 aliphatic carbocycles. The maximum Gasteiger partial charge on any atom is 0.341 e. The van der Waals surface area contributed by atoms with E-state index in [0.29, 0.717) is 5.75 Å². The van der Waals surface area contributed by atoms with Crippen LogP contribution in [-0.2, 0) is 4.79 Å². The lowest BCUT2D eigenvalue weighted by Gasteiger charge is -2.14. The van der Waals surface area contributed by atoms with Crippen molar-refractivity contribution in [2.45, 2.75) is 18.7 Å². The van der Waals surface area contributed by atoms with Gasteiger partial charge in [0.2, 0.25) is 0 Å². The van der Waals surface area contributed by atoms with Crippen LogP contribution in [0.1, 0.15) is 22.3 Å². The van der Waals surface area contributed by atoms with E-state index in [-0.39, 0.29) is 6.61 Å². The molecule has 0 spiro atoms. The highest BCUT2D eigenvalue weighted by atomic mass is 32.2. The highest BCUT2D eigenvalue weighted by Gasteiger charge is 2.09. The maximum atomic E-state index is 10.6. The van der Waals surface area contributed by atoms with Crippen molar-refractivity contribution in [1.82, 2.24) is 0 Å². The van der Waals surface area contributed by atoms with Crippen LogP contribution in [0.15, 0.2) is 83.8 Å². The molecular formula is C25H24O3S. The minimum atomic E-state index is -0.978. The number of rotatable bonds is 8. The van der Waals surface area contributed by atoms with Crippen LogP contribution in [0.25, 0.3) is 5.57 Å². The van der Waals surface area contributed by atoms with E-state index >= 15 is 0 Å². The van der Waals surface area contributed by atoms with E-state index in [2.05, 4.69) is 68.5 Å². The lowest BCUT2D eigenvalue weighted by Crippen LogP contribution is -2.09. The first-order valence-electron chi connectivity index (χ1n) is 9.44. The van der Waals surface area contributed by atoms with Gasteiger partial charge in [-0.25, -0.2) is 4.79 Å². The maximum absolute atomic E-state index is 10.6. The molecule has 148 valence electrons. The molecule has 0 aliphatic rings. The van der Waals surface area contributed by atoms with Crippen molar-refractivity contribution in [3.05, 3.63) is 101 Å². The summed E-state index contributed by atoms with van der Waals surface area (Å²) < 4.78 is 5.19. The summed E-state index contributed by atoms with van der Waals surface area (Å²) in [6.45, 7) is 3.96. The summed E-state index contributed by atoms with van der Waals surface area (Å²) in [5, 5.41) is 8.69. The van der Waals surface area contributed by atoms with E-state index in [0.717, 1.165) is 10.6 Å². The summed E-state index contributed by atoms with van der Waals surface area (Å²) in [5.74, 6) is 0.411. The van der Waals surface area contributed by atoms with Crippen LogP contribution in [-0.4, -0.2) is 23.4 Å². The van der Waals surface area contributed by atoms with Crippen molar-refractivity contribution in [3.8, 4) is 5.75 Å². The van der Waals surface area contributed by atoms with Gasteiger partial charge in [-0.3, -0.25) is 0 Å². The molecule has 3 aromatic rings. The molecule has 0 heterocycles. The Bertz CT molecular complexity index is 959. The molecule has 3 aromatic carbocycles. The lowest BCUT2D eigenvalue weighted by atomic mass is 9.92. The zero-order valence-corrected chi connectivity index (χ0v) is 17.4. The van der Waals surface area contributed by atoms with Gasteiger partial charge in [-0.05, 0) is 65.9 Å². The van der Waals surface area contributed by atoms with E-state index < -0.39 is 5.97 Å². The highest BCUT2D eigenvalue weighted by Crippen LogP contribution is 2.30. The number of thioether (sulfide) groups is 1. The highest BCUT2D eigenvalue weighted by molar-refractivity contribution is 7.99. The Morgan fingerprint density at radius 2 is 1.45 bits per heavy atom. The Morgan fingerprint density at radius 1 is 0.897 bits per heavy atom. The lowest BCUT2D eigenvalue weighted by molar-refractivity contribution is -0.139. The Kier molecular flexibility index (Phi) is 7.14. The predicted octanol–water partition coefficient (Wildman–Crippen LogP) is 5.99. The first kappa shape index (κ1) is 20.7. The second-order valence-electron chi connectivity index (χ2n) is 6.71. The average Bonchev–Trinajstić information content (AvgIpc) is 2.72. The van der Waals surface area contributed by atoms with Gasteiger partial charge in [0.15, 0.2) is 6.61 Å². The summed E-state index contributed by atoms with van der Waals surface area (Å²) in [6, 6.07) is 24.4. The minimum absolute atomic E-state index is 0.328. The molecule has 0 radical (unpaired) electrons. The van der Waals surface area contributed by atoms with Gasteiger partial charge in [0, 0.05) is 10.6 Å². The van der Waals surface area contributed by atoms with Crippen molar-refractivity contribution >= 4 is 23.3 Å². The summed E-state index contributed by atoms with van der Waals surface area (Å²) >= 11 is 1.73. The van der Waals surface area contributed by atoms with Gasteiger partial charge < -0.3 is 9.84 Å². The van der Waals surface area contributed by atoms with Gasteiger partial charge in [-0.15, -0.1) is 11.8 Å². The van der Waals surface area contributed by atoms with Gasteiger partial charge >= 0.3 is 5.97 Å². The Morgan fingerprint density at radius 3 is 1.97 bits per heavy atom. The molecule has 3 nitrogen and oxygen atoms in total. The number of carboxylic acids is 1. The Labute approximate surface area is 176 Å². The Hall–Kier alpha value is -2.98. The topological polar surface area (TPSA) is 46.5 Å². The number of aryl methyl sites for hydroxylation is 2. The second kappa shape index (κ2) is 9.99. The molecule has 0 unspecified atom stereocenters. The second-order valence-corrected chi connectivity index (χ2v) is 7.81. The largest absolute Gasteiger partial charge is 0.482 e. The number of carboxylic acid groups (broad SMARTS) is 1. The van der Waals surface area contributed by atoms with E-state index in [1.807, 2.05) is 12.1 Å². The molecule has 0 amide bonds. The standard InChI is InChI=1S/C25H24O3S/c1-18-7-3-5-9-22(18)24(23-10-6-4-8-19(23)2)15-16-29-21-13-11-20(12-14-21)28-17-25(26)27/h3-15H,16-17H2,1-2H3,(H,26,27). The zero-order valence-electron chi connectivity index (χ0n) is 16.6. The number of benzene rings is 3. The van der Waals surface area contributed by atoms with E-state index in [4.69, 9.17) is 9.84 Å². The predicted molar refractivity (Wildman–Crippen MR) is 120 cm³/mol. The van der Waals surface area contributed by atoms with E-state index in [9.17, 15) is 4.79 Å². The van der Waals surface area contributed by atoms with Gasteiger partial charge in [0.1, 0.15) is 5.75 Å². The van der Waals surface area contributed by atoms with Gasteiger partial charge in [-0.2, -0.15) is 0 Å². The summed E-state index contributed by atoms with van der Waals surface area (Å²) in [4.78, 5) is 11.7. The molecule has 4 heteroatoms. The van der Waals surface area contributed by atoms with E-state index in [1.54, 1.807) is 23.9 Å². The van der Waals surface area contributed by atoms with Crippen molar-refractivity contribution in [1.29, 1.82) is 0 Å². The van der Waals surface area contributed by atoms with Crippen molar-refractivity contribution < 1.29 is 14.6 Å². The number of hydrogen-bond acceptors (Lipinski definition) is 3. The molecule has 0 saturated carbocycles. The SMILES string of the molecule is Cc1ccccc1C(=CCSc1ccc(OCC(=O)O)cc1)c1ccccc1C. The van der Waals surface area contributed by atoms with Crippen LogP contribution in [0.4, 0.5) is 0 Å². The molecule has 0 saturated heterocycles. The molecule has 29 heavy (non-hydrogen) atoms. The molecule has 0 fully saturated rings. The molecule has 0 bridgehead atoms. The molecular weight excluding hydrogens is 380 g/mol. The first-order valence-corrected chi connectivity index (χ1v) is 10.4. The fourth-order valence-corrected chi connectivity index (χ4v) is 3.88. The fraction of sp³-hybridized carbons (Fsp3) is 0.160. The van der Waals surface area contributed by atoms with Crippen LogP contribution >= 0.6 is 11.8 Å². The van der Waals surface area contributed by atoms with Crippen LogP contribution in [0.5, 0.6) is 5.75 Å². The van der Waals surface area contributed by atoms with Crippen molar-refractivity contribution in [3.63, 3.8) is 0 Å². The summed E-state index contributed by atoms with van der Waals surface area (Å²) in [7, 11) is 0. The van der Waals surface area contributed by atoms with E-state index in [1.165, 1.54) is 27.8 Å². The molecule has 1 N–H and O–H groups in total. The van der Waals surface area contributed by atoms with Crippen molar-refractivity contribution in [2.75, 3.05) is 12.4 Å². The van der Waals surface area contributed by atoms with Gasteiger partial charge in [0.25, 0.3) is 0 Å². The quantitative estimate of drug-likeness (QED) is 0.468. The molecule has 0 aliphatic heterocycles. The number of aliphatic carboxylic acids is 1. The third-order valence-corrected chi connectivity index (χ3v) is 5.53. The normalized spacial score (nSPS) is 10.4. The minimum Gasteiger partial charge on any atom is -0.482 e. The van der Waals surface area contributed by atoms with Crippen LogP contribution in [0, 0.1) is 13.8 Å². The zero-order chi connectivity index (χ0) is 20.6. The van der Waals surface area contributed by atoms with Gasteiger partial charge in [0.05, 0.1) is 0 Å². The summed E-state index contributed by atoms with van der Waals surface area (Å²) in [6.07, 6.45) is 2.28. The van der Waals surface area contributed by atoms with Crippen LogP contribution in [0.3, 0.4) is 0 Å². The third kappa shape index (κ3) is 5.75. The van der Waals surface area contributed by atoms with Crippen LogP contribution < -0.4 is 4.74 Å². The monoisotopic (exact) mass is 404 g/mol. The van der Waals surface area contributed by atoms with Crippen LogP contribution in [0.2, 0.25) is 0 Å². The third-order valence-electron chi connectivity index (χ3n) is 4.59. The number of hydrogen-bond donors (Lipinski definition) is 1. The number of carbonyl (C=O) groups is 1. The smallest absolute Gasteiger partial charge is 0.341 e. The summed E-state index contributed by atoms with van der Waals surface area (Å²) in [5.41, 5.74) is 6.26. The molecule has 0 aromatic heterocycles. The molecule has 3 rings (SSSR count). The average molecular weight is 405 g/mol. The molecule has 0 atom stereocenters. The van der Waals surface area contributed by atoms with Gasteiger partial charge in [-0.1, -0.05) is 54.6 Å². The first-order chi connectivity index (χ1) is 14.0. The Balaban J connectivity index is 1.78.